The van der Waals surface area contributed by atoms with Crippen LogP contribution in [0.3, 0.4) is 0 Å². The summed E-state index contributed by atoms with van der Waals surface area (Å²) in [5.74, 6) is 2.49. The van der Waals surface area contributed by atoms with Gasteiger partial charge in [0.25, 0.3) is 0 Å². The van der Waals surface area contributed by atoms with Crippen molar-refractivity contribution in [3.8, 4) is 12.3 Å². The second-order valence-electron chi connectivity index (χ2n) is 3.38. The van der Waals surface area contributed by atoms with Crippen LogP contribution >= 0.6 is 0 Å². The Morgan fingerprint density at radius 1 is 1.79 bits per heavy atom. The number of H-pyrrole nitrogens is 1. The maximum Gasteiger partial charge on any atom is 0.0665 e. The highest BCUT2D eigenvalue weighted by molar-refractivity contribution is 5.36. The number of rotatable bonds is 3. The van der Waals surface area contributed by atoms with Gasteiger partial charge in [-0.25, -0.2) is 0 Å². The molecule has 0 aliphatic rings. The van der Waals surface area contributed by atoms with Gasteiger partial charge < -0.3 is 0 Å². The molecule has 0 aromatic carbocycles. The number of nitrogens with one attached hydrogen (secondary N) is 1. The molecule has 1 rings (SSSR count). The van der Waals surface area contributed by atoms with E-state index < -0.39 is 0 Å². The Bertz CT molecular complexity index is 402. The molecule has 1 heterocycles. The van der Waals surface area contributed by atoms with E-state index in [1.807, 2.05) is 26.0 Å². The average molecular weight is 186 g/mol. The predicted octanol–water partition coefficient (Wildman–Crippen LogP) is 2.40. The second-order valence-corrected chi connectivity index (χ2v) is 3.38. The number of allylic oxidation sites excluding steroid dienone is 3. The molecular formula is C12H14N2. The highest BCUT2D eigenvalue weighted by atomic mass is 15.1. The van der Waals surface area contributed by atoms with Crippen LogP contribution in [-0.4, -0.2) is 10.2 Å². The molecule has 0 bridgehead atoms. The highest BCUT2D eigenvalue weighted by Crippen LogP contribution is 2.07. The van der Waals surface area contributed by atoms with Gasteiger partial charge in [-0.15, -0.1) is 6.42 Å². The van der Waals surface area contributed by atoms with Gasteiger partial charge in [-0.05, 0) is 26.0 Å². The Morgan fingerprint density at radius 2 is 2.50 bits per heavy atom. The first-order chi connectivity index (χ1) is 6.61. The zero-order valence-electron chi connectivity index (χ0n) is 8.59. The van der Waals surface area contributed by atoms with Gasteiger partial charge in [0, 0.05) is 17.7 Å². The first kappa shape index (κ1) is 10.3. The van der Waals surface area contributed by atoms with E-state index in [0.717, 1.165) is 17.8 Å². The Balaban J connectivity index is 2.66. The fourth-order valence-electron chi connectivity index (χ4n) is 1.24. The lowest BCUT2D eigenvalue weighted by atomic mass is 10.1. The van der Waals surface area contributed by atoms with Crippen LogP contribution in [-0.2, 0) is 6.42 Å². The molecule has 0 atom stereocenters. The van der Waals surface area contributed by atoms with Crippen molar-refractivity contribution < 1.29 is 0 Å². The van der Waals surface area contributed by atoms with Crippen LogP contribution < -0.4 is 0 Å². The van der Waals surface area contributed by atoms with Gasteiger partial charge in [0.1, 0.15) is 0 Å². The van der Waals surface area contributed by atoms with E-state index in [2.05, 4.69) is 22.7 Å². The van der Waals surface area contributed by atoms with Crippen molar-refractivity contribution in [3.05, 3.63) is 41.3 Å². The van der Waals surface area contributed by atoms with Crippen molar-refractivity contribution in [2.45, 2.75) is 20.3 Å². The summed E-state index contributed by atoms with van der Waals surface area (Å²) in [7, 11) is 0. The highest BCUT2D eigenvalue weighted by Gasteiger charge is 1.98. The maximum absolute atomic E-state index is 5.20. The third-order valence-electron chi connectivity index (χ3n) is 1.82. The second kappa shape index (κ2) is 4.48. The minimum atomic E-state index is 0.703. The lowest BCUT2D eigenvalue weighted by Gasteiger charge is -1.96. The summed E-state index contributed by atoms with van der Waals surface area (Å²) >= 11 is 0. The van der Waals surface area contributed by atoms with Gasteiger partial charge >= 0.3 is 0 Å². The van der Waals surface area contributed by atoms with Gasteiger partial charge in [-0.3, -0.25) is 5.10 Å². The number of hydrogen-bond donors (Lipinski definition) is 1. The third-order valence-corrected chi connectivity index (χ3v) is 1.82. The predicted molar refractivity (Wildman–Crippen MR) is 58.8 cm³/mol. The molecule has 1 aromatic heterocycles. The van der Waals surface area contributed by atoms with Crippen molar-refractivity contribution in [3.63, 3.8) is 0 Å². The molecule has 0 radical (unpaired) electrons. The molecule has 0 aliphatic carbocycles. The summed E-state index contributed by atoms with van der Waals surface area (Å²) in [5, 5.41) is 7.04. The van der Waals surface area contributed by atoms with Crippen molar-refractivity contribution >= 4 is 0 Å². The van der Waals surface area contributed by atoms with E-state index in [0.29, 0.717) is 5.57 Å². The molecule has 0 fully saturated rings. The van der Waals surface area contributed by atoms with Gasteiger partial charge in [0.2, 0.25) is 0 Å². The lowest BCUT2D eigenvalue weighted by molar-refractivity contribution is 0.969. The van der Waals surface area contributed by atoms with Gasteiger partial charge in [-0.1, -0.05) is 18.1 Å². The van der Waals surface area contributed by atoms with Crippen LogP contribution in [0, 0.1) is 19.3 Å². The van der Waals surface area contributed by atoms with E-state index in [4.69, 9.17) is 6.42 Å². The Kier molecular flexibility index (Phi) is 3.30. The third kappa shape index (κ3) is 2.95. The minimum absolute atomic E-state index is 0.703. The zero-order valence-corrected chi connectivity index (χ0v) is 8.59. The van der Waals surface area contributed by atoms with Crippen LogP contribution in [0.15, 0.2) is 29.9 Å². The largest absolute Gasteiger partial charge is 0.283 e. The summed E-state index contributed by atoms with van der Waals surface area (Å²) in [4.78, 5) is 0. The molecule has 0 spiro atoms. The van der Waals surface area contributed by atoms with Gasteiger partial charge in [0.15, 0.2) is 0 Å². The number of aromatic amines is 1. The topological polar surface area (TPSA) is 28.7 Å². The molecule has 0 amide bonds. The van der Waals surface area contributed by atoms with Crippen molar-refractivity contribution in [1.82, 2.24) is 10.2 Å². The fraction of sp³-hybridized carbons (Fsp3) is 0.250. The smallest absolute Gasteiger partial charge is 0.0665 e. The quantitative estimate of drug-likeness (QED) is 0.570. The molecule has 0 saturated carbocycles. The summed E-state index contributed by atoms with van der Waals surface area (Å²) < 4.78 is 0. The standard InChI is InChI=1S/C12H14N2/c1-5-9(2)6-10(3)7-12-8-11(4)13-14-12/h1,6,8H,2,7H2,3-4H3,(H,13,14)/b10-6+. The number of hydrogen-bond acceptors (Lipinski definition) is 1. The Labute approximate surface area is 84.7 Å². The first-order valence-corrected chi connectivity index (χ1v) is 4.45. The van der Waals surface area contributed by atoms with E-state index in [1.165, 1.54) is 5.57 Å². The fourth-order valence-corrected chi connectivity index (χ4v) is 1.24. The maximum atomic E-state index is 5.20. The molecule has 72 valence electrons. The minimum Gasteiger partial charge on any atom is -0.283 e. The monoisotopic (exact) mass is 186 g/mol. The zero-order chi connectivity index (χ0) is 10.6. The lowest BCUT2D eigenvalue weighted by Crippen LogP contribution is -1.87. The summed E-state index contributed by atoms with van der Waals surface area (Å²) in [5.41, 5.74) is 3.97. The van der Waals surface area contributed by atoms with Crippen molar-refractivity contribution in [2.75, 3.05) is 0 Å². The molecule has 2 nitrogen and oxygen atoms in total. The van der Waals surface area contributed by atoms with Crippen LogP contribution in [0.5, 0.6) is 0 Å². The van der Waals surface area contributed by atoms with Gasteiger partial charge in [-0.2, -0.15) is 5.10 Å². The summed E-state index contributed by atoms with van der Waals surface area (Å²) in [6, 6.07) is 2.02. The number of terminal acetylenes is 1. The molecule has 0 aliphatic heterocycles. The molecule has 14 heavy (non-hydrogen) atoms. The first-order valence-electron chi connectivity index (χ1n) is 4.45. The molecular weight excluding hydrogens is 172 g/mol. The summed E-state index contributed by atoms with van der Waals surface area (Å²) in [6.45, 7) is 7.72. The van der Waals surface area contributed by atoms with E-state index in [1.54, 1.807) is 0 Å². The average Bonchev–Trinajstić information content (AvgIpc) is 2.50. The normalized spacial score (nSPS) is 11.1. The Morgan fingerprint density at radius 3 is 3.00 bits per heavy atom. The van der Waals surface area contributed by atoms with Crippen LogP contribution in [0.25, 0.3) is 0 Å². The summed E-state index contributed by atoms with van der Waals surface area (Å²) in [6.07, 6.45) is 7.92. The Hall–Kier alpha value is -1.75. The molecule has 2 heteroatoms. The number of nitrogens with zero attached hydrogens (tertiary/aromatic N) is 1. The van der Waals surface area contributed by atoms with Crippen molar-refractivity contribution in [2.24, 2.45) is 0 Å². The van der Waals surface area contributed by atoms with Crippen molar-refractivity contribution in [1.29, 1.82) is 0 Å². The van der Waals surface area contributed by atoms with E-state index in [9.17, 15) is 0 Å². The molecule has 0 unspecified atom stereocenters. The van der Waals surface area contributed by atoms with Crippen LogP contribution in [0.1, 0.15) is 18.3 Å². The number of aromatic nitrogens is 2. The molecule has 1 aromatic rings. The van der Waals surface area contributed by atoms with Gasteiger partial charge in [0.05, 0.1) is 5.69 Å². The SMILES string of the molecule is C#CC(=C)/C=C(\C)Cc1cc(C)[nH]n1. The van der Waals surface area contributed by atoms with E-state index >= 15 is 0 Å². The van der Waals surface area contributed by atoms with Crippen LogP contribution in [0.2, 0.25) is 0 Å². The molecule has 1 N–H and O–H groups in total. The van der Waals surface area contributed by atoms with Crippen LogP contribution in [0.4, 0.5) is 0 Å². The molecule has 0 saturated heterocycles. The van der Waals surface area contributed by atoms with E-state index in [-0.39, 0.29) is 0 Å². The number of aryl methyl sites for hydroxylation is 1.